The topological polar surface area (TPSA) is 60.5 Å². The molecule has 0 saturated heterocycles. The Bertz CT molecular complexity index is 1250. The standard InChI is InChI=1S/C31H34N2O3/c1-22(7-4-8-23-9-6-18-32-21-23)33-30(34)17-14-24-12-13-25-19-28(36-3)15-16-29(25)31(24)26-10-5-11-27(20-26)35-2/h5-6,9-11,14-22H,4,7-8,12-13H2,1-3H3,(H,33,34)/b17-14+. The summed E-state index contributed by atoms with van der Waals surface area (Å²) >= 11 is 0. The maximum atomic E-state index is 12.7. The van der Waals surface area contributed by atoms with E-state index in [4.69, 9.17) is 9.47 Å². The average molecular weight is 483 g/mol. The summed E-state index contributed by atoms with van der Waals surface area (Å²) in [6.07, 6.45) is 12.0. The van der Waals surface area contributed by atoms with E-state index in [0.717, 1.165) is 60.3 Å². The van der Waals surface area contributed by atoms with Crippen molar-refractivity contribution in [2.24, 2.45) is 0 Å². The molecule has 1 aliphatic carbocycles. The molecule has 4 rings (SSSR count). The lowest BCUT2D eigenvalue weighted by molar-refractivity contribution is -0.117. The van der Waals surface area contributed by atoms with Gasteiger partial charge in [-0.1, -0.05) is 30.3 Å². The van der Waals surface area contributed by atoms with E-state index in [0.29, 0.717) is 0 Å². The van der Waals surface area contributed by atoms with Gasteiger partial charge in [-0.2, -0.15) is 0 Å². The number of allylic oxidation sites excluding steroid dienone is 2. The molecule has 2 aromatic carbocycles. The Morgan fingerprint density at radius 1 is 1.06 bits per heavy atom. The maximum absolute atomic E-state index is 12.7. The summed E-state index contributed by atoms with van der Waals surface area (Å²) in [7, 11) is 3.37. The predicted octanol–water partition coefficient (Wildman–Crippen LogP) is 5.93. The van der Waals surface area contributed by atoms with Crippen LogP contribution in [0.1, 0.15) is 48.4 Å². The molecule has 1 atom stereocenters. The number of aryl methyl sites for hydroxylation is 2. The Morgan fingerprint density at radius 3 is 2.67 bits per heavy atom. The molecule has 1 aliphatic rings. The van der Waals surface area contributed by atoms with Crippen molar-refractivity contribution in [1.82, 2.24) is 10.3 Å². The zero-order valence-corrected chi connectivity index (χ0v) is 21.3. The highest BCUT2D eigenvalue weighted by atomic mass is 16.5. The Balaban J connectivity index is 1.50. The minimum atomic E-state index is -0.0677. The van der Waals surface area contributed by atoms with Gasteiger partial charge in [-0.05, 0) is 103 Å². The largest absolute Gasteiger partial charge is 0.497 e. The Hall–Kier alpha value is -3.86. The van der Waals surface area contributed by atoms with Crippen LogP contribution >= 0.6 is 0 Å². The van der Waals surface area contributed by atoms with Crippen LogP contribution in [0.15, 0.2) is 84.7 Å². The number of carbonyl (C=O) groups excluding carboxylic acids is 1. The molecule has 0 spiro atoms. The van der Waals surface area contributed by atoms with Gasteiger partial charge in [0.15, 0.2) is 0 Å². The number of ether oxygens (including phenoxy) is 2. The molecule has 1 amide bonds. The normalized spacial score (nSPS) is 13.9. The first kappa shape index (κ1) is 25.2. The Kier molecular flexibility index (Phi) is 8.56. The van der Waals surface area contributed by atoms with Crippen molar-refractivity contribution in [3.05, 3.63) is 107 Å². The number of nitrogens with one attached hydrogen (secondary N) is 1. The molecule has 186 valence electrons. The van der Waals surface area contributed by atoms with E-state index in [2.05, 4.69) is 41.5 Å². The molecular weight excluding hydrogens is 448 g/mol. The van der Waals surface area contributed by atoms with Crippen LogP contribution in [0.2, 0.25) is 0 Å². The van der Waals surface area contributed by atoms with E-state index in [-0.39, 0.29) is 11.9 Å². The molecule has 5 heteroatoms. The number of rotatable bonds is 10. The summed E-state index contributed by atoms with van der Waals surface area (Å²) in [5, 5.41) is 3.11. The number of carbonyl (C=O) groups is 1. The number of methoxy groups -OCH3 is 2. The zero-order valence-electron chi connectivity index (χ0n) is 21.3. The minimum Gasteiger partial charge on any atom is -0.497 e. The van der Waals surface area contributed by atoms with Crippen LogP contribution in [0.4, 0.5) is 0 Å². The van der Waals surface area contributed by atoms with Gasteiger partial charge in [0, 0.05) is 24.5 Å². The Labute approximate surface area is 213 Å². The lowest BCUT2D eigenvalue weighted by Gasteiger charge is -2.23. The van der Waals surface area contributed by atoms with E-state index in [9.17, 15) is 4.79 Å². The van der Waals surface area contributed by atoms with Crippen LogP contribution in [0.25, 0.3) is 5.57 Å². The monoisotopic (exact) mass is 482 g/mol. The molecule has 1 aromatic heterocycles. The highest BCUT2D eigenvalue weighted by molar-refractivity contribution is 5.91. The molecule has 5 nitrogen and oxygen atoms in total. The lowest BCUT2D eigenvalue weighted by Crippen LogP contribution is -2.31. The minimum absolute atomic E-state index is 0.0677. The number of amides is 1. The van der Waals surface area contributed by atoms with Gasteiger partial charge >= 0.3 is 0 Å². The van der Waals surface area contributed by atoms with Gasteiger partial charge in [0.25, 0.3) is 0 Å². The molecule has 0 radical (unpaired) electrons. The molecule has 0 saturated carbocycles. The SMILES string of the molecule is COc1cccc(C2=C(/C=C/C(=O)NC(C)CCCc3cccnc3)CCc3cc(OC)ccc32)c1. The quantitative estimate of drug-likeness (QED) is 0.364. The Morgan fingerprint density at radius 2 is 1.89 bits per heavy atom. The molecule has 0 fully saturated rings. The summed E-state index contributed by atoms with van der Waals surface area (Å²) < 4.78 is 10.9. The van der Waals surface area contributed by atoms with E-state index in [1.165, 1.54) is 16.7 Å². The summed E-state index contributed by atoms with van der Waals surface area (Å²) in [6.45, 7) is 2.06. The van der Waals surface area contributed by atoms with Gasteiger partial charge in [-0.25, -0.2) is 0 Å². The fraction of sp³-hybridized carbons (Fsp3) is 0.290. The van der Waals surface area contributed by atoms with Crippen molar-refractivity contribution in [3.8, 4) is 11.5 Å². The molecule has 3 aromatic rings. The van der Waals surface area contributed by atoms with Gasteiger partial charge in [-0.15, -0.1) is 0 Å². The van der Waals surface area contributed by atoms with Crippen molar-refractivity contribution >= 4 is 11.5 Å². The molecule has 36 heavy (non-hydrogen) atoms. The molecule has 1 unspecified atom stereocenters. The van der Waals surface area contributed by atoms with E-state index in [1.54, 1.807) is 26.5 Å². The third-order valence-corrected chi connectivity index (χ3v) is 6.57. The number of benzene rings is 2. The van der Waals surface area contributed by atoms with Gasteiger partial charge in [0.05, 0.1) is 14.2 Å². The van der Waals surface area contributed by atoms with Gasteiger partial charge in [-0.3, -0.25) is 9.78 Å². The fourth-order valence-electron chi connectivity index (χ4n) is 4.70. The fourth-order valence-corrected chi connectivity index (χ4v) is 4.70. The molecule has 0 bridgehead atoms. The van der Waals surface area contributed by atoms with Crippen molar-refractivity contribution in [1.29, 1.82) is 0 Å². The van der Waals surface area contributed by atoms with E-state index in [1.807, 2.05) is 42.6 Å². The summed E-state index contributed by atoms with van der Waals surface area (Å²) in [6, 6.07) is 18.4. The number of aromatic nitrogens is 1. The van der Waals surface area contributed by atoms with Crippen molar-refractivity contribution in [2.75, 3.05) is 14.2 Å². The third kappa shape index (κ3) is 6.42. The van der Waals surface area contributed by atoms with Gasteiger partial charge in [0.1, 0.15) is 11.5 Å². The van der Waals surface area contributed by atoms with Crippen LogP contribution in [-0.2, 0) is 17.6 Å². The second-order valence-electron chi connectivity index (χ2n) is 9.15. The van der Waals surface area contributed by atoms with Gasteiger partial charge < -0.3 is 14.8 Å². The first-order chi connectivity index (χ1) is 17.6. The number of hydrogen-bond acceptors (Lipinski definition) is 4. The molecular formula is C31H34N2O3. The molecule has 1 N–H and O–H groups in total. The average Bonchev–Trinajstić information content (AvgIpc) is 2.91. The van der Waals surface area contributed by atoms with Crippen LogP contribution in [0, 0.1) is 0 Å². The van der Waals surface area contributed by atoms with E-state index >= 15 is 0 Å². The number of fused-ring (bicyclic) bond motifs is 1. The number of pyridine rings is 1. The number of hydrogen-bond donors (Lipinski definition) is 1. The number of nitrogens with zero attached hydrogens (tertiary/aromatic N) is 1. The van der Waals surface area contributed by atoms with E-state index < -0.39 is 0 Å². The highest BCUT2D eigenvalue weighted by Gasteiger charge is 2.20. The van der Waals surface area contributed by atoms with Crippen LogP contribution in [0.3, 0.4) is 0 Å². The van der Waals surface area contributed by atoms with Crippen molar-refractivity contribution in [3.63, 3.8) is 0 Å². The summed E-state index contributed by atoms with van der Waals surface area (Å²) in [5.41, 5.74) is 6.98. The second kappa shape index (κ2) is 12.2. The second-order valence-corrected chi connectivity index (χ2v) is 9.15. The predicted molar refractivity (Wildman–Crippen MR) is 144 cm³/mol. The highest BCUT2D eigenvalue weighted by Crippen LogP contribution is 2.39. The third-order valence-electron chi connectivity index (χ3n) is 6.57. The maximum Gasteiger partial charge on any atom is 0.244 e. The van der Waals surface area contributed by atoms with Crippen LogP contribution in [0.5, 0.6) is 11.5 Å². The van der Waals surface area contributed by atoms with Crippen LogP contribution in [-0.4, -0.2) is 31.2 Å². The first-order valence-electron chi connectivity index (χ1n) is 12.5. The van der Waals surface area contributed by atoms with Gasteiger partial charge in [0.2, 0.25) is 5.91 Å². The zero-order chi connectivity index (χ0) is 25.3. The smallest absolute Gasteiger partial charge is 0.244 e. The van der Waals surface area contributed by atoms with Crippen molar-refractivity contribution < 1.29 is 14.3 Å². The summed E-state index contributed by atoms with van der Waals surface area (Å²) in [4.78, 5) is 16.9. The summed E-state index contributed by atoms with van der Waals surface area (Å²) in [5.74, 6) is 1.60. The molecule has 0 aliphatic heterocycles. The molecule has 1 heterocycles. The first-order valence-corrected chi connectivity index (χ1v) is 12.5. The lowest BCUT2D eigenvalue weighted by atomic mass is 9.82. The van der Waals surface area contributed by atoms with Crippen molar-refractivity contribution in [2.45, 2.75) is 45.1 Å². The van der Waals surface area contributed by atoms with Crippen LogP contribution < -0.4 is 14.8 Å².